The van der Waals surface area contributed by atoms with Crippen LogP contribution in [0.5, 0.6) is 0 Å². The number of nitrogens with one attached hydrogen (secondary N) is 3. The van der Waals surface area contributed by atoms with Crippen molar-refractivity contribution in [1.82, 2.24) is 20.8 Å². The topological polar surface area (TPSA) is 52.7 Å². The maximum atomic E-state index is 4.01. The number of hydrogen-bond donors (Lipinski definition) is 3. The van der Waals surface area contributed by atoms with E-state index in [1.807, 2.05) is 12.4 Å². The minimum atomic E-state index is 0.366. The fourth-order valence-electron chi connectivity index (χ4n) is 2.11. The summed E-state index contributed by atoms with van der Waals surface area (Å²) in [7, 11) is 0. The fourth-order valence-corrected chi connectivity index (χ4v) is 2.11. The Bertz CT molecular complexity index is 294. The van der Waals surface area contributed by atoms with E-state index >= 15 is 0 Å². The number of hydrogen-bond acceptors (Lipinski definition) is 3. The Morgan fingerprint density at radius 2 is 2.27 bits per heavy atom. The molecule has 3 unspecified atom stereocenters. The highest BCUT2D eigenvalue weighted by Crippen LogP contribution is 2.21. The van der Waals surface area contributed by atoms with Crippen LogP contribution in [0.2, 0.25) is 0 Å². The molecule has 3 N–H and O–H groups in total. The van der Waals surface area contributed by atoms with Crippen LogP contribution >= 0.6 is 0 Å². The van der Waals surface area contributed by atoms with Gasteiger partial charge in [-0.05, 0) is 12.8 Å². The first kappa shape index (κ1) is 10.6. The number of piperazine rings is 1. The molecule has 1 aromatic heterocycles. The largest absolute Gasteiger partial charge is 0.311 e. The third-order valence-electron chi connectivity index (χ3n) is 3.24. The predicted molar refractivity (Wildman–Crippen MR) is 60.6 cm³/mol. The number of H-pyrrole nitrogens is 1. The summed E-state index contributed by atoms with van der Waals surface area (Å²) < 4.78 is 0. The first-order chi connectivity index (χ1) is 7.18. The minimum Gasteiger partial charge on any atom is -0.311 e. The molecule has 4 nitrogen and oxygen atoms in total. The summed E-state index contributed by atoms with van der Waals surface area (Å²) >= 11 is 0. The molecular formula is C11H20N4. The quantitative estimate of drug-likeness (QED) is 0.681. The second-order valence-corrected chi connectivity index (χ2v) is 4.72. The van der Waals surface area contributed by atoms with Crippen molar-refractivity contribution in [3.8, 4) is 0 Å². The standard InChI is InChI=1S/C11H20N4/c1-7(2)10-6-12-8(3)11(15-10)9-4-13-14-5-9/h4-5,7-8,10-12,15H,6H2,1-3H3,(H,13,14). The van der Waals surface area contributed by atoms with E-state index in [1.165, 1.54) is 5.56 Å². The summed E-state index contributed by atoms with van der Waals surface area (Å²) in [6, 6.07) is 1.36. The summed E-state index contributed by atoms with van der Waals surface area (Å²) in [5.41, 5.74) is 1.24. The molecule has 1 aromatic rings. The Labute approximate surface area is 90.8 Å². The van der Waals surface area contributed by atoms with Gasteiger partial charge in [0.1, 0.15) is 0 Å². The molecule has 1 fully saturated rings. The average Bonchev–Trinajstić information content (AvgIpc) is 2.71. The Balaban J connectivity index is 2.09. The van der Waals surface area contributed by atoms with Crippen LogP contribution in [0.3, 0.4) is 0 Å². The summed E-state index contributed by atoms with van der Waals surface area (Å²) in [4.78, 5) is 0. The number of rotatable bonds is 2. The predicted octanol–water partition coefficient (Wildman–Crippen LogP) is 1.06. The first-order valence-electron chi connectivity index (χ1n) is 5.66. The Hall–Kier alpha value is -0.870. The zero-order valence-corrected chi connectivity index (χ0v) is 9.62. The molecule has 1 aliphatic heterocycles. The van der Waals surface area contributed by atoms with Gasteiger partial charge in [0, 0.05) is 30.4 Å². The summed E-state index contributed by atoms with van der Waals surface area (Å²) in [6.45, 7) is 7.76. The molecule has 1 saturated heterocycles. The van der Waals surface area contributed by atoms with Gasteiger partial charge in [0.15, 0.2) is 0 Å². The molecule has 0 amide bonds. The lowest BCUT2D eigenvalue weighted by atomic mass is 9.94. The molecule has 2 rings (SSSR count). The van der Waals surface area contributed by atoms with Crippen LogP contribution in [0, 0.1) is 5.92 Å². The van der Waals surface area contributed by atoms with Gasteiger partial charge >= 0.3 is 0 Å². The molecule has 0 aliphatic carbocycles. The minimum absolute atomic E-state index is 0.366. The molecular weight excluding hydrogens is 188 g/mol. The van der Waals surface area contributed by atoms with Crippen molar-refractivity contribution < 1.29 is 0 Å². The van der Waals surface area contributed by atoms with Gasteiger partial charge in [-0.2, -0.15) is 5.10 Å². The van der Waals surface area contributed by atoms with E-state index < -0.39 is 0 Å². The normalized spacial score (nSPS) is 32.1. The molecule has 0 saturated carbocycles. The van der Waals surface area contributed by atoms with Crippen molar-refractivity contribution >= 4 is 0 Å². The van der Waals surface area contributed by atoms with E-state index in [2.05, 4.69) is 41.6 Å². The summed E-state index contributed by atoms with van der Waals surface area (Å²) in [5, 5.41) is 14.1. The maximum absolute atomic E-state index is 4.01. The average molecular weight is 208 g/mol. The molecule has 0 spiro atoms. The highest BCUT2D eigenvalue weighted by molar-refractivity contribution is 5.14. The monoisotopic (exact) mass is 208 g/mol. The van der Waals surface area contributed by atoms with Gasteiger partial charge in [-0.15, -0.1) is 0 Å². The fraction of sp³-hybridized carbons (Fsp3) is 0.727. The van der Waals surface area contributed by atoms with Gasteiger partial charge in [-0.25, -0.2) is 0 Å². The highest BCUT2D eigenvalue weighted by atomic mass is 15.1. The highest BCUT2D eigenvalue weighted by Gasteiger charge is 2.29. The molecule has 0 aromatic carbocycles. The SMILES string of the molecule is CC(C)C1CNC(C)C(c2cn[nH]c2)N1. The molecule has 0 radical (unpaired) electrons. The van der Waals surface area contributed by atoms with E-state index in [0.29, 0.717) is 24.0 Å². The van der Waals surface area contributed by atoms with Gasteiger partial charge in [0.2, 0.25) is 0 Å². The zero-order valence-electron chi connectivity index (χ0n) is 9.62. The third-order valence-corrected chi connectivity index (χ3v) is 3.24. The van der Waals surface area contributed by atoms with E-state index in [-0.39, 0.29) is 0 Å². The van der Waals surface area contributed by atoms with Crippen molar-refractivity contribution in [3.63, 3.8) is 0 Å². The molecule has 0 bridgehead atoms. The summed E-state index contributed by atoms with van der Waals surface area (Å²) in [5.74, 6) is 0.652. The van der Waals surface area contributed by atoms with Crippen LogP contribution in [-0.4, -0.2) is 28.8 Å². The molecule has 84 valence electrons. The third kappa shape index (κ3) is 2.21. The molecule has 4 heteroatoms. The Morgan fingerprint density at radius 1 is 1.47 bits per heavy atom. The van der Waals surface area contributed by atoms with Crippen molar-refractivity contribution in [2.24, 2.45) is 5.92 Å². The lowest BCUT2D eigenvalue weighted by molar-refractivity contribution is 0.242. The van der Waals surface area contributed by atoms with E-state index in [9.17, 15) is 0 Å². The van der Waals surface area contributed by atoms with Gasteiger partial charge in [0.05, 0.1) is 12.2 Å². The van der Waals surface area contributed by atoms with Crippen molar-refractivity contribution in [1.29, 1.82) is 0 Å². The number of aromatic nitrogens is 2. The van der Waals surface area contributed by atoms with E-state index in [0.717, 1.165) is 6.54 Å². The molecule has 3 atom stereocenters. The molecule has 1 aliphatic rings. The van der Waals surface area contributed by atoms with Gasteiger partial charge in [-0.3, -0.25) is 5.10 Å². The number of aromatic amines is 1. The summed E-state index contributed by atoms with van der Waals surface area (Å²) in [6.07, 6.45) is 3.87. The van der Waals surface area contributed by atoms with Gasteiger partial charge in [-0.1, -0.05) is 13.8 Å². The first-order valence-corrected chi connectivity index (χ1v) is 5.66. The van der Waals surface area contributed by atoms with Crippen LogP contribution in [-0.2, 0) is 0 Å². The molecule has 2 heterocycles. The maximum Gasteiger partial charge on any atom is 0.0535 e. The van der Waals surface area contributed by atoms with Crippen molar-refractivity contribution in [3.05, 3.63) is 18.0 Å². The second kappa shape index (κ2) is 4.33. The lowest BCUT2D eigenvalue weighted by Gasteiger charge is -2.38. The van der Waals surface area contributed by atoms with Crippen LogP contribution in [0.4, 0.5) is 0 Å². The van der Waals surface area contributed by atoms with Crippen molar-refractivity contribution in [2.45, 2.75) is 38.9 Å². The van der Waals surface area contributed by atoms with Crippen LogP contribution in [0.1, 0.15) is 32.4 Å². The Kier molecular flexibility index (Phi) is 3.07. The zero-order chi connectivity index (χ0) is 10.8. The van der Waals surface area contributed by atoms with Crippen molar-refractivity contribution in [2.75, 3.05) is 6.54 Å². The van der Waals surface area contributed by atoms with Crippen LogP contribution < -0.4 is 10.6 Å². The Morgan fingerprint density at radius 3 is 2.87 bits per heavy atom. The smallest absolute Gasteiger partial charge is 0.0535 e. The van der Waals surface area contributed by atoms with E-state index in [4.69, 9.17) is 0 Å². The second-order valence-electron chi connectivity index (χ2n) is 4.72. The lowest BCUT2D eigenvalue weighted by Crippen LogP contribution is -2.56. The van der Waals surface area contributed by atoms with Gasteiger partial charge in [0.25, 0.3) is 0 Å². The van der Waals surface area contributed by atoms with Crippen LogP contribution in [0.25, 0.3) is 0 Å². The van der Waals surface area contributed by atoms with Gasteiger partial charge < -0.3 is 10.6 Å². The molecule has 15 heavy (non-hydrogen) atoms. The number of nitrogens with zero attached hydrogens (tertiary/aromatic N) is 1. The van der Waals surface area contributed by atoms with E-state index in [1.54, 1.807) is 0 Å². The van der Waals surface area contributed by atoms with Crippen LogP contribution in [0.15, 0.2) is 12.4 Å².